The van der Waals surface area contributed by atoms with Crippen molar-refractivity contribution in [2.24, 2.45) is 0 Å². The predicted molar refractivity (Wildman–Crippen MR) is 236 cm³/mol. The lowest BCUT2D eigenvalue weighted by Crippen LogP contribution is -2.01. The summed E-state index contributed by atoms with van der Waals surface area (Å²) in [6.45, 7) is 0. The van der Waals surface area contributed by atoms with E-state index in [0.717, 1.165) is 71.9 Å². The molecule has 0 atom stereocenters. The maximum Gasteiger partial charge on any atom is 0.164 e. The molecule has 4 aromatic heterocycles. The molecule has 4 heterocycles. The van der Waals surface area contributed by atoms with Gasteiger partial charge in [-0.15, -0.1) is 0 Å². The summed E-state index contributed by atoms with van der Waals surface area (Å²) in [5, 5.41) is 7.96. The SMILES string of the molecule is c1ccc(-c2nc(-c3ccc(-n4c5ccccc5c5ccccc54)cc3)nc(-c3cccc(-c4nc5cc6ccccc6cc5c5c4oc4ccccc45)c3)n2)cc1. The normalized spacial score (nSPS) is 11.8. The van der Waals surface area contributed by atoms with Gasteiger partial charge in [-0.1, -0.05) is 127 Å². The Hall–Kier alpha value is -7.96. The van der Waals surface area contributed by atoms with Gasteiger partial charge in [0.25, 0.3) is 0 Å². The molecule has 8 aromatic carbocycles. The summed E-state index contributed by atoms with van der Waals surface area (Å²) in [7, 11) is 0. The molecule has 0 radical (unpaired) electrons. The number of para-hydroxylation sites is 3. The first-order valence-corrected chi connectivity index (χ1v) is 19.4. The maximum absolute atomic E-state index is 6.64. The Morgan fingerprint density at radius 1 is 0.379 bits per heavy atom. The molecule has 0 bridgehead atoms. The van der Waals surface area contributed by atoms with Crippen LogP contribution in [0.25, 0.3) is 117 Å². The van der Waals surface area contributed by atoms with E-state index in [1.807, 2.05) is 54.6 Å². The van der Waals surface area contributed by atoms with Crippen LogP contribution in [-0.4, -0.2) is 24.5 Å². The van der Waals surface area contributed by atoms with Crippen LogP contribution in [0.3, 0.4) is 0 Å². The average Bonchev–Trinajstić information content (AvgIpc) is 3.85. The van der Waals surface area contributed by atoms with Crippen molar-refractivity contribution in [3.63, 3.8) is 0 Å². The highest BCUT2D eigenvalue weighted by molar-refractivity contribution is 6.22. The summed E-state index contributed by atoms with van der Waals surface area (Å²) >= 11 is 0. The molecule has 0 unspecified atom stereocenters. The molecule has 270 valence electrons. The van der Waals surface area contributed by atoms with E-state index in [2.05, 4.69) is 138 Å². The van der Waals surface area contributed by atoms with E-state index in [9.17, 15) is 0 Å². The number of hydrogen-bond acceptors (Lipinski definition) is 5. The molecular weight excluding hydrogens is 711 g/mol. The number of rotatable bonds is 5. The molecule has 6 nitrogen and oxygen atoms in total. The Morgan fingerprint density at radius 2 is 0.931 bits per heavy atom. The molecule has 58 heavy (non-hydrogen) atoms. The van der Waals surface area contributed by atoms with Crippen LogP contribution in [0.4, 0.5) is 0 Å². The Bertz CT molecular complexity index is 3510. The summed E-state index contributed by atoms with van der Waals surface area (Å²) in [5.74, 6) is 1.77. The van der Waals surface area contributed by atoms with Gasteiger partial charge in [0.2, 0.25) is 0 Å². The molecule has 0 N–H and O–H groups in total. The molecule has 0 amide bonds. The first kappa shape index (κ1) is 32.3. The molecular formula is C52H31N5O. The van der Waals surface area contributed by atoms with Crippen LogP contribution in [0, 0.1) is 0 Å². The van der Waals surface area contributed by atoms with Crippen molar-refractivity contribution in [2.75, 3.05) is 0 Å². The summed E-state index contributed by atoms with van der Waals surface area (Å²) < 4.78 is 8.95. The fourth-order valence-electron chi connectivity index (χ4n) is 8.48. The number of benzene rings is 8. The van der Waals surface area contributed by atoms with Gasteiger partial charge >= 0.3 is 0 Å². The lowest BCUT2D eigenvalue weighted by molar-refractivity contribution is 0.669. The van der Waals surface area contributed by atoms with Crippen molar-refractivity contribution in [2.45, 2.75) is 0 Å². The quantitative estimate of drug-likeness (QED) is 0.164. The Labute approximate surface area is 332 Å². The smallest absolute Gasteiger partial charge is 0.164 e. The van der Waals surface area contributed by atoms with Crippen molar-refractivity contribution < 1.29 is 4.42 Å². The van der Waals surface area contributed by atoms with Gasteiger partial charge in [0.05, 0.1) is 16.6 Å². The van der Waals surface area contributed by atoms with E-state index in [4.69, 9.17) is 24.4 Å². The molecule has 0 saturated carbocycles. The van der Waals surface area contributed by atoms with E-state index in [1.54, 1.807) is 0 Å². The zero-order valence-electron chi connectivity index (χ0n) is 31.0. The third kappa shape index (κ3) is 5.12. The highest BCUT2D eigenvalue weighted by Crippen LogP contribution is 2.41. The van der Waals surface area contributed by atoms with Crippen LogP contribution in [0.2, 0.25) is 0 Å². The number of nitrogens with zero attached hydrogens (tertiary/aromatic N) is 5. The molecule has 0 spiro atoms. The van der Waals surface area contributed by atoms with Crippen LogP contribution < -0.4 is 0 Å². The largest absolute Gasteiger partial charge is 0.454 e. The van der Waals surface area contributed by atoms with Gasteiger partial charge in [0.1, 0.15) is 11.3 Å². The van der Waals surface area contributed by atoms with Crippen molar-refractivity contribution in [3.8, 4) is 51.1 Å². The Balaban J connectivity index is 1.01. The zero-order valence-corrected chi connectivity index (χ0v) is 31.0. The molecule has 0 aliphatic rings. The zero-order chi connectivity index (χ0) is 38.2. The van der Waals surface area contributed by atoms with Crippen molar-refractivity contribution in [3.05, 3.63) is 188 Å². The van der Waals surface area contributed by atoms with E-state index >= 15 is 0 Å². The van der Waals surface area contributed by atoms with Gasteiger partial charge in [0.15, 0.2) is 23.1 Å². The first-order chi connectivity index (χ1) is 28.7. The third-order valence-corrected chi connectivity index (χ3v) is 11.2. The van der Waals surface area contributed by atoms with Crippen LogP contribution >= 0.6 is 0 Å². The van der Waals surface area contributed by atoms with Gasteiger partial charge in [-0.05, 0) is 71.4 Å². The maximum atomic E-state index is 6.64. The fraction of sp³-hybridized carbons (Fsp3) is 0. The van der Waals surface area contributed by atoms with Gasteiger partial charge in [-0.3, -0.25) is 0 Å². The predicted octanol–water partition coefficient (Wildman–Crippen LogP) is 13.2. The Morgan fingerprint density at radius 3 is 1.66 bits per heavy atom. The van der Waals surface area contributed by atoms with E-state index in [-0.39, 0.29) is 0 Å². The van der Waals surface area contributed by atoms with Crippen molar-refractivity contribution in [1.82, 2.24) is 24.5 Å². The second-order valence-electron chi connectivity index (χ2n) is 14.6. The molecule has 6 heteroatoms. The molecule has 0 aliphatic carbocycles. The summed E-state index contributed by atoms with van der Waals surface area (Å²) in [4.78, 5) is 20.5. The van der Waals surface area contributed by atoms with E-state index in [1.165, 1.54) is 27.2 Å². The third-order valence-electron chi connectivity index (χ3n) is 11.2. The first-order valence-electron chi connectivity index (χ1n) is 19.4. The Kier molecular flexibility index (Phi) is 7.13. The summed E-state index contributed by atoms with van der Waals surface area (Å²) in [5.41, 5.74) is 10.2. The molecule has 12 aromatic rings. The lowest BCUT2D eigenvalue weighted by Gasteiger charge is -2.11. The lowest BCUT2D eigenvalue weighted by atomic mass is 9.99. The van der Waals surface area contributed by atoms with Gasteiger partial charge < -0.3 is 8.98 Å². The number of fused-ring (bicyclic) bond motifs is 9. The van der Waals surface area contributed by atoms with Gasteiger partial charge in [-0.25, -0.2) is 19.9 Å². The minimum absolute atomic E-state index is 0.574. The van der Waals surface area contributed by atoms with E-state index in [0.29, 0.717) is 17.5 Å². The second-order valence-corrected chi connectivity index (χ2v) is 14.6. The number of hydrogen-bond donors (Lipinski definition) is 0. The monoisotopic (exact) mass is 741 g/mol. The van der Waals surface area contributed by atoms with Gasteiger partial charge in [0, 0.05) is 54.9 Å². The number of pyridine rings is 1. The number of furan rings is 1. The fourth-order valence-corrected chi connectivity index (χ4v) is 8.48. The van der Waals surface area contributed by atoms with Crippen molar-refractivity contribution in [1.29, 1.82) is 0 Å². The molecule has 0 fully saturated rings. The van der Waals surface area contributed by atoms with Crippen LogP contribution in [0.5, 0.6) is 0 Å². The van der Waals surface area contributed by atoms with Crippen LogP contribution in [0.15, 0.2) is 192 Å². The molecule has 0 saturated heterocycles. The standard InChI is InChI=1S/C52H31N5O/c1-2-13-32(14-3-1)50-54-51(33-25-27-38(28-26-33)57-44-22-9-6-19-39(44)40-20-7-10-23-45(40)57)56-52(55-50)37-18-12-17-36(29-37)48-49-47(41-21-8-11-24-46(41)58-49)42-30-34-15-4-5-16-35(34)31-43(42)53-48/h1-31H. The molecule has 0 aliphatic heterocycles. The second kappa shape index (κ2) is 12.8. The van der Waals surface area contributed by atoms with E-state index < -0.39 is 0 Å². The summed E-state index contributed by atoms with van der Waals surface area (Å²) in [6, 6.07) is 65.0. The summed E-state index contributed by atoms with van der Waals surface area (Å²) in [6.07, 6.45) is 0. The van der Waals surface area contributed by atoms with Gasteiger partial charge in [-0.2, -0.15) is 0 Å². The average molecular weight is 742 g/mol. The topological polar surface area (TPSA) is 69.6 Å². The minimum atomic E-state index is 0.574. The highest BCUT2D eigenvalue weighted by atomic mass is 16.3. The van der Waals surface area contributed by atoms with Crippen LogP contribution in [0.1, 0.15) is 0 Å². The molecule has 12 rings (SSSR count). The van der Waals surface area contributed by atoms with Crippen molar-refractivity contribution >= 4 is 65.4 Å². The number of aromatic nitrogens is 5. The van der Waals surface area contributed by atoms with Crippen LogP contribution in [-0.2, 0) is 0 Å². The minimum Gasteiger partial charge on any atom is -0.454 e. The highest BCUT2D eigenvalue weighted by Gasteiger charge is 2.20.